The highest BCUT2D eigenvalue weighted by Crippen LogP contribution is 2.16. The molecule has 23 heavy (non-hydrogen) atoms. The van der Waals surface area contributed by atoms with Gasteiger partial charge in [-0.1, -0.05) is 48.0 Å². The lowest BCUT2D eigenvalue weighted by Crippen LogP contribution is -1.95. The molecule has 0 aliphatic heterocycles. The molecule has 0 atom stereocenters. The molecule has 1 aromatic heterocycles. The zero-order valence-electron chi connectivity index (χ0n) is 12.3. The monoisotopic (exact) mass is 305 g/mol. The van der Waals surface area contributed by atoms with Gasteiger partial charge in [0.2, 0.25) is 0 Å². The van der Waals surface area contributed by atoms with Gasteiger partial charge in [-0.3, -0.25) is 20.8 Å². The quantitative estimate of drug-likeness (QED) is 0.344. The van der Waals surface area contributed by atoms with Gasteiger partial charge in [-0.15, -0.1) is 15.4 Å². The standard InChI is InChI=1S/C15H13N8/c1-11-7-9-13(10-8-11)16-17-14(12-5-3-2-4-6-12)18-19-15-20-22-23-21-15/h2-10H,1H3,(H-,19,20,21,22,23)/q-1/b17-16?,18-14+. The molecule has 2 aromatic carbocycles. The van der Waals surface area contributed by atoms with Crippen molar-refractivity contribution in [2.45, 2.75) is 6.92 Å². The van der Waals surface area contributed by atoms with Crippen molar-refractivity contribution in [3.63, 3.8) is 0 Å². The van der Waals surface area contributed by atoms with Gasteiger partial charge in [0, 0.05) is 5.56 Å². The van der Waals surface area contributed by atoms with E-state index in [2.05, 4.69) is 41.4 Å². The van der Waals surface area contributed by atoms with Crippen molar-refractivity contribution in [3.8, 4) is 0 Å². The minimum absolute atomic E-state index is 0.129. The number of tetrazole rings is 1. The molecule has 0 fully saturated rings. The molecular formula is C15H13N8-. The fraction of sp³-hybridized carbons (Fsp3) is 0.0667. The van der Waals surface area contributed by atoms with Crippen LogP contribution < -0.4 is 0 Å². The molecule has 3 rings (SSSR count). The molecule has 0 amide bonds. The second kappa shape index (κ2) is 7.03. The third kappa shape index (κ3) is 4.03. The number of benzene rings is 2. The van der Waals surface area contributed by atoms with Crippen LogP contribution in [0.25, 0.3) is 5.43 Å². The molecule has 1 N–H and O–H groups in total. The van der Waals surface area contributed by atoms with Crippen molar-refractivity contribution in [1.29, 1.82) is 0 Å². The molecule has 0 aliphatic rings. The van der Waals surface area contributed by atoms with E-state index < -0.39 is 0 Å². The number of hydrogen-bond donors (Lipinski definition) is 1. The lowest BCUT2D eigenvalue weighted by atomic mass is 10.2. The van der Waals surface area contributed by atoms with E-state index in [9.17, 15) is 0 Å². The SMILES string of the molecule is Cc1ccc(N=N/C(=N/[N-]c2nn[nH]n2)c2ccccc2)cc1. The number of rotatable bonds is 4. The maximum absolute atomic E-state index is 4.19. The maximum Gasteiger partial charge on any atom is 0.187 e. The maximum atomic E-state index is 4.19. The van der Waals surface area contributed by atoms with E-state index in [1.54, 1.807) is 0 Å². The molecule has 1 heterocycles. The van der Waals surface area contributed by atoms with Crippen LogP contribution in [0.1, 0.15) is 11.1 Å². The normalized spacial score (nSPS) is 11.8. The summed E-state index contributed by atoms with van der Waals surface area (Å²) in [6.07, 6.45) is 0. The van der Waals surface area contributed by atoms with E-state index in [0.717, 1.165) is 16.8 Å². The number of azo groups is 1. The Morgan fingerprint density at radius 1 is 1.04 bits per heavy atom. The number of nitrogens with one attached hydrogen (secondary N) is 1. The largest absolute Gasteiger partial charge is 0.277 e. The Bertz CT molecular complexity index is 791. The number of nitrogens with zero attached hydrogens (tertiary/aromatic N) is 7. The highest BCUT2D eigenvalue weighted by atomic mass is 15.5. The fourth-order valence-electron chi connectivity index (χ4n) is 1.73. The van der Waals surface area contributed by atoms with Crippen LogP contribution in [-0.2, 0) is 0 Å². The first-order valence-electron chi connectivity index (χ1n) is 6.87. The number of aryl methyl sites for hydroxylation is 1. The van der Waals surface area contributed by atoms with Crippen LogP contribution in [0.2, 0.25) is 0 Å². The smallest absolute Gasteiger partial charge is 0.187 e. The van der Waals surface area contributed by atoms with E-state index in [-0.39, 0.29) is 5.95 Å². The van der Waals surface area contributed by atoms with E-state index >= 15 is 0 Å². The average Bonchev–Trinajstić information content (AvgIpc) is 3.11. The predicted octanol–water partition coefficient (Wildman–Crippen LogP) is 3.66. The second-order valence-corrected chi connectivity index (χ2v) is 4.64. The lowest BCUT2D eigenvalue weighted by Gasteiger charge is -2.03. The number of H-pyrrole nitrogens is 1. The van der Waals surface area contributed by atoms with Crippen LogP contribution in [0.5, 0.6) is 0 Å². The summed E-state index contributed by atoms with van der Waals surface area (Å²) in [5.74, 6) is 0.486. The van der Waals surface area contributed by atoms with Gasteiger partial charge in [-0.2, -0.15) is 5.10 Å². The minimum Gasteiger partial charge on any atom is -0.277 e. The third-order valence-corrected chi connectivity index (χ3v) is 2.89. The summed E-state index contributed by atoms with van der Waals surface area (Å²) in [5, 5.41) is 25.6. The molecule has 0 unspecified atom stereocenters. The van der Waals surface area contributed by atoms with Gasteiger partial charge in [-0.05, 0) is 19.1 Å². The van der Waals surface area contributed by atoms with Crippen molar-refractivity contribution in [2.75, 3.05) is 0 Å². The zero-order valence-corrected chi connectivity index (χ0v) is 12.3. The van der Waals surface area contributed by atoms with Crippen LogP contribution in [0, 0.1) is 6.92 Å². The molecular weight excluding hydrogens is 292 g/mol. The van der Waals surface area contributed by atoms with Crippen molar-refractivity contribution in [3.05, 3.63) is 71.1 Å². The summed E-state index contributed by atoms with van der Waals surface area (Å²) in [6.45, 7) is 2.02. The summed E-state index contributed by atoms with van der Waals surface area (Å²) in [6, 6.07) is 17.2. The molecule has 8 nitrogen and oxygen atoms in total. The first-order chi connectivity index (χ1) is 11.3. The highest BCUT2D eigenvalue weighted by Gasteiger charge is 2.01. The van der Waals surface area contributed by atoms with Crippen LogP contribution in [-0.4, -0.2) is 26.5 Å². The second-order valence-electron chi connectivity index (χ2n) is 4.64. The molecule has 0 saturated carbocycles. The summed E-state index contributed by atoms with van der Waals surface area (Å²) in [5.41, 5.74) is 6.57. The van der Waals surface area contributed by atoms with Gasteiger partial charge < -0.3 is 0 Å². The van der Waals surface area contributed by atoms with Gasteiger partial charge in [-0.25, -0.2) is 0 Å². The van der Waals surface area contributed by atoms with Crippen molar-refractivity contribution >= 4 is 17.5 Å². The van der Waals surface area contributed by atoms with E-state index in [1.807, 2.05) is 61.5 Å². The molecule has 0 spiro atoms. The Kier molecular flexibility index (Phi) is 4.44. The number of hydrogen-bond acceptors (Lipinski definition) is 5. The van der Waals surface area contributed by atoms with Crippen LogP contribution >= 0.6 is 0 Å². The predicted molar refractivity (Wildman–Crippen MR) is 85.9 cm³/mol. The first-order valence-corrected chi connectivity index (χ1v) is 6.87. The van der Waals surface area contributed by atoms with E-state index in [1.165, 1.54) is 0 Å². The molecule has 0 aliphatic carbocycles. The molecule has 114 valence electrons. The van der Waals surface area contributed by atoms with Gasteiger partial charge in [0.05, 0.1) is 11.6 Å². The Balaban J connectivity index is 1.85. The first kappa shape index (κ1) is 14.5. The Morgan fingerprint density at radius 2 is 1.83 bits per heavy atom. The average molecular weight is 305 g/mol. The number of amidine groups is 1. The molecule has 0 bridgehead atoms. The van der Waals surface area contributed by atoms with Crippen LogP contribution in [0.15, 0.2) is 69.9 Å². The van der Waals surface area contributed by atoms with Gasteiger partial charge in [0.15, 0.2) is 5.84 Å². The fourth-order valence-corrected chi connectivity index (χ4v) is 1.73. The number of aromatic amines is 1. The van der Waals surface area contributed by atoms with E-state index in [0.29, 0.717) is 5.84 Å². The Labute approximate surface area is 132 Å². The molecule has 0 saturated heterocycles. The summed E-state index contributed by atoms with van der Waals surface area (Å²) < 4.78 is 0. The zero-order chi connectivity index (χ0) is 15.9. The summed E-state index contributed by atoms with van der Waals surface area (Å²) in [7, 11) is 0. The molecule has 0 radical (unpaired) electrons. The Hall–Kier alpha value is -3.42. The van der Waals surface area contributed by atoms with Gasteiger partial charge >= 0.3 is 0 Å². The summed E-state index contributed by atoms with van der Waals surface area (Å²) >= 11 is 0. The van der Waals surface area contributed by atoms with Gasteiger partial charge in [0.1, 0.15) is 0 Å². The van der Waals surface area contributed by atoms with Gasteiger partial charge in [0.25, 0.3) is 0 Å². The van der Waals surface area contributed by atoms with E-state index in [4.69, 9.17) is 0 Å². The molecule has 3 aromatic rings. The topological polar surface area (TPSA) is 106 Å². The van der Waals surface area contributed by atoms with Crippen LogP contribution in [0.3, 0.4) is 0 Å². The minimum atomic E-state index is 0.129. The lowest BCUT2D eigenvalue weighted by molar-refractivity contribution is 0.881. The highest BCUT2D eigenvalue weighted by molar-refractivity contribution is 5.99. The van der Waals surface area contributed by atoms with Crippen molar-refractivity contribution < 1.29 is 0 Å². The molecule has 8 heteroatoms. The van der Waals surface area contributed by atoms with Crippen molar-refractivity contribution in [1.82, 2.24) is 20.6 Å². The summed E-state index contributed by atoms with van der Waals surface area (Å²) in [4.78, 5) is 0. The van der Waals surface area contributed by atoms with Crippen LogP contribution in [0.4, 0.5) is 11.6 Å². The van der Waals surface area contributed by atoms with Crippen molar-refractivity contribution in [2.24, 2.45) is 15.3 Å². The number of aromatic nitrogens is 4. The third-order valence-electron chi connectivity index (χ3n) is 2.89. The Morgan fingerprint density at radius 3 is 2.52 bits per heavy atom.